The van der Waals surface area contributed by atoms with Gasteiger partial charge in [0.05, 0.1) is 5.69 Å². The van der Waals surface area contributed by atoms with Gasteiger partial charge < -0.3 is 5.73 Å². The summed E-state index contributed by atoms with van der Waals surface area (Å²) in [6.45, 7) is 4.28. The molecule has 0 unspecified atom stereocenters. The van der Waals surface area contributed by atoms with Crippen LogP contribution in [0.5, 0.6) is 0 Å². The van der Waals surface area contributed by atoms with Crippen LogP contribution in [-0.2, 0) is 10.0 Å². The van der Waals surface area contributed by atoms with E-state index < -0.39 is 20.7 Å². The van der Waals surface area contributed by atoms with Gasteiger partial charge in [0.2, 0.25) is 10.0 Å². The van der Waals surface area contributed by atoms with Crippen molar-refractivity contribution in [3.8, 4) is 0 Å². The van der Waals surface area contributed by atoms with E-state index in [1.54, 1.807) is 6.92 Å². The fourth-order valence-electron chi connectivity index (χ4n) is 1.69. The van der Waals surface area contributed by atoms with Gasteiger partial charge in [0.1, 0.15) is 4.90 Å². The zero-order valence-electron chi connectivity index (χ0n) is 11.0. The number of nitrogens with two attached hydrogens (primary N) is 1. The number of rotatable bonds is 6. The Labute approximate surface area is 118 Å². The van der Waals surface area contributed by atoms with Gasteiger partial charge in [-0.1, -0.05) is 31.9 Å². The molecule has 0 spiro atoms. The summed E-state index contributed by atoms with van der Waals surface area (Å²) in [5.74, 6) is -0.945. The molecular formula is C12H18ClFN2O2S. The molecular weight excluding hydrogens is 291 g/mol. The van der Waals surface area contributed by atoms with Crippen LogP contribution < -0.4 is 5.73 Å². The molecule has 4 nitrogen and oxygen atoms in total. The third kappa shape index (κ3) is 3.58. The zero-order valence-corrected chi connectivity index (χ0v) is 12.6. The molecule has 0 atom stereocenters. The van der Waals surface area contributed by atoms with E-state index in [9.17, 15) is 12.8 Å². The van der Waals surface area contributed by atoms with Gasteiger partial charge in [-0.05, 0) is 18.6 Å². The smallest absolute Gasteiger partial charge is 0.246 e. The number of benzene rings is 1. The monoisotopic (exact) mass is 308 g/mol. The number of anilines is 1. The minimum absolute atomic E-state index is 0.101. The molecule has 0 saturated heterocycles. The van der Waals surface area contributed by atoms with Crippen LogP contribution in [0.3, 0.4) is 0 Å². The van der Waals surface area contributed by atoms with Crippen LogP contribution in [-0.4, -0.2) is 25.8 Å². The average Bonchev–Trinajstić information content (AvgIpc) is 2.34. The minimum Gasteiger partial charge on any atom is -0.396 e. The van der Waals surface area contributed by atoms with E-state index in [1.807, 2.05) is 6.92 Å². The lowest BCUT2D eigenvalue weighted by molar-refractivity contribution is 0.415. The van der Waals surface area contributed by atoms with Crippen LogP contribution in [0.2, 0.25) is 5.02 Å². The molecule has 0 saturated carbocycles. The first-order chi connectivity index (χ1) is 8.84. The summed E-state index contributed by atoms with van der Waals surface area (Å²) in [4.78, 5) is -0.463. The Morgan fingerprint density at radius 2 is 2.00 bits per heavy atom. The summed E-state index contributed by atoms with van der Waals surface area (Å²) in [5, 5.41) is 0.101. The van der Waals surface area contributed by atoms with Crippen molar-refractivity contribution in [3.63, 3.8) is 0 Å². The Morgan fingerprint density at radius 3 is 2.53 bits per heavy atom. The third-order valence-corrected chi connectivity index (χ3v) is 4.96. The van der Waals surface area contributed by atoms with E-state index in [1.165, 1.54) is 10.4 Å². The topological polar surface area (TPSA) is 63.4 Å². The lowest BCUT2D eigenvalue weighted by Gasteiger charge is -2.21. The lowest BCUT2D eigenvalue weighted by atomic mass is 10.3. The van der Waals surface area contributed by atoms with Crippen molar-refractivity contribution in [2.24, 2.45) is 0 Å². The van der Waals surface area contributed by atoms with Crippen LogP contribution >= 0.6 is 11.6 Å². The second kappa shape index (κ2) is 6.54. The maximum atomic E-state index is 13.9. The second-order valence-electron chi connectivity index (χ2n) is 4.16. The quantitative estimate of drug-likeness (QED) is 0.822. The van der Waals surface area contributed by atoms with Gasteiger partial charge in [-0.15, -0.1) is 0 Å². The Bertz CT molecular complexity index is 549. The Morgan fingerprint density at radius 1 is 1.37 bits per heavy atom. The van der Waals surface area contributed by atoms with Crippen molar-refractivity contribution in [2.45, 2.75) is 31.6 Å². The van der Waals surface area contributed by atoms with Crippen molar-refractivity contribution in [1.82, 2.24) is 4.31 Å². The van der Waals surface area contributed by atoms with Crippen molar-refractivity contribution < 1.29 is 12.8 Å². The van der Waals surface area contributed by atoms with Crippen molar-refractivity contribution >= 4 is 27.3 Å². The highest BCUT2D eigenvalue weighted by Gasteiger charge is 2.27. The van der Waals surface area contributed by atoms with Crippen molar-refractivity contribution in [2.75, 3.05) is 18.8 Å². The summed E-state index contributed by atoms with van der Waals surface area (Å²) >= 11 is 5.75. The molecule has 2 N–H and O–H groups in total. The highest BCUT2D eigenvalue weighted by molar-refractivity contribution is 7.89. The average molecular weight is 309 g/mol. The highest BCUT2D eigenvalue weighted by Crippen LogP contribution is 2.27. The summed E-state index contributed by atoms with van der Waals surface area (Å²) in [6.07, 6.45) is 1.57. The van der Waals surface area contributed by atoms with Crippen LogP contribution in [0, 0.1) is 5.82 Å². The second-order valence-corrected chi connectivity index (χ2v) is 6.50. The molecule has 1 aromatic rings. The maximum absolute atomic E-state index is 13.9. The number of sulfonamides is 1. The molecule has 0 aliphatic heterocycles. The van der Waals surface area contributed by atoms with Crippen LogP contribution in [0.1, 0.15) is 26.7 Å². The fourth-order valence-corrected chi connectivity index (χ4v) is 3.59. The molecule has 0 amide bonds. The lowest BCUT2D eigenvalue weighted by Crippen LogP contribution is -2.32. The first-order valence-electron chi connectivity index (χ1n) is 6.09. The van der Waals surface area contributed by atoms with Crippen LogP contribution in [0.15, 0.2) is 17.0 Å². The predicted molar refractivity (Wildman–Crippen MR) is 75.2 cm³/mol. The molecule has 1 aromatic carbocycles. The van der Waals surface area contributed by atoms with E-state index in [2.05, 4.69) is 0 Å². The van der Waals surface area contributed by atoms with E-state index in [0.29, 0.717) is 13.0 Å². The Kier molecular flexibility index (Phi) is 5.58. The number of hydrogen-bond donors (Lipinski definition) is 1. The fraction of sp³-hybridized carbons (Fsp3) is 0.500. The van der Waals surface area contributed by atoms with E-state index in [-0.39, 0.29) is 17.3 Å². The molecule has 108 valence electrons. The number of nitrogens with zero attached hydrogens (tertiary/aromatic N) is 1. The molecule has 0 fully saturated rings. The van der Waals surface area contributed by atoms with Crippen molar-refractivity contribution in [3.05, 3.63) is 23.0 Å². The summed E-state index contributed by atoms with van der Waals surface area (Å²) < 4.78 is 39.9. The third-order valence-electron chi connectivity index (χ3n) is 2.76. The SMILES string of the molecule is CCCCN(CC)S(=O)(=O)c1cc(Cl)cc(N)c1F. The zero-order chi connectivity index (χ0) is 14.6. The van der Waals surface area contributed by atoms with Gasteiger partial charge >= 0.3 is 0 Å². The molecule has 0 heterocycles. The molecule has 1 rings (SSSR count). The van der Waals surface area contributed by atoms with Gasteiger partial charge in [0.15, 0.2) is 5.82 Å². The van der Waals surface area contributed by atoms with Crippen LogP contribution in [0.4, 0.5) is 10.1 Å². The summed E-state index contributed by atoms with van der Waals surface area (Å²) in [6, 6.07) is 2.29. The van der Waals surface area contributed by atoms with Gasteiger partial charge in [-0.2, -0.15) is 4.31 Å². The predicted octanol–water partition coefficient (Wildman–Crippen LogP) is 2.87. The molecule has 0 aromatic heterocycles. The molecule has 0 bridgehead atoms. The minimum atomic E-state index is -3.91. The van der Waals surface area contributed by atoms with Gasteiger partial charge in [-0.3, -0.25) is 0 Å². The normalized spacial score (nSPS) is 12.1. The number of nitrogen functional groups attached to an aromatic ring is 1. The van der Waals surface area contributed by atoms with E-state index in [0.717, 1.165) is 12.5 Å². The molecule has 0 aliphatic carbocycles. The molecule has 7 heteroatoms. The largest absolute Gasteiger partial charge is 0.396 e. The maximum Gasteiger partial charge on any atom is 0.246 e. The van der Waals surface area contributed by atoms with Crippen LogP contribution in [0.25, 0.3) is 0 Å². The molecule has 0 aliphatic rings. The Hall–Kier alpha value is -0.850. The number of unbranched alkanes of at least 4 members (excludes halogenated alkanes) is 1. The standard InChI is InChI=1S/C12H18ClFN2O2S/c1-3-5-6-16(4-2)19(17,18)11-8-9(13)7-10(15)12(11)14/h7-8H,3-6,15H2,1-2H3. The first kappa shape index (κ1) is 16.2. The van der Waals surface area contributed by atoms with Gasteiger partial charge in [-0.25, -0.2) is 12.8 Å². The van der Waals surface area contributed by atoms with Crippen molar-refractivity contribution in [1.29, 1.82) is 0 Å². The number of halogens is 2. The van der Waals surface area contributed by atoms with Gasteiger partial charge in [0.25, 0.3) is 0 Å². The molecule has 19 heavy (non-hydrogen) atoms. The number of hydrogen-bond acceptors (Lipinski definition) is 3. The van der Waals surface area contributed by atoms with E-state index >= 15 is 0 Å². The Balaban J connectivity index is 3.25. The van der Waals surface area contributed by atoms with E-state index in [4.69, 9.17) is 17.3 Å². The summed E-state index contributed by atoms with van der Waals surface area (Å²) in [5.41, 5.74) is 5.15. The summed E-state index contributed by atoms with van der Waals surface area (Å²) in [7, 11) is -3.91. The first-order valence-corrected chi connectivity index (χ1v) is 7.91. The van der Waals surface area contributed by atoms with Gasteiger partial charge in [0, 0.05) is 18.1 Å². The molecule has 0 radical (unpaired) electrons. The highest BCUT2D eigenvalue weighted by atomic mass is 35.5.